The van der Waals surface area contributed by atoms with E-state index in [2.05, 4.69) is 0 Å². The summed E-state index contributed by atoms with van der Waals surface area (Å²) < 4.78 is 23.1. The molecule has 3 aliphatic heterocycles. The maximum Gasteiger partial charge on any atom is 0.310 e. The Labute approximate surface area is 180 Å². The molecule has 31 heavy (non-hydrogen) atoms. The Kier molecular flexibility index (Phi) is 5.01. The molecule has 5 aliphatic rings. The van der Waals surface area contributed by atoms with Gasteiger partial charge in [-0.2, -0.15) is 0 Å². The normalized spacial score (nSPS) is 58.0. The maximum absolute atomic E-state index is 12.8. The number of rotatable bonds is 4. The minimum absolute atomic E-state index is 0.109. The van der Waals surface area contributed by atoms with Crippen molar-refractivity contribution in [2.24, 2.45) is 29.1 Å². The van der Waals surface area contributed by atoms with Gasteiger partial charge in [-0.05, 0) is 18.3 Å². The Balaban J connectivity index is 1.44. The molecule has 13 atom stereocenters. The zero-order chi connectivity index (χ0) is 22.5. The Morgan fingerprint density at radius 1 is 1.16 bits per heavy atom. The zero-order valence-electron chi connectivity index (χ0n) is 17.8. The number of ether oxygens (including phenoxy) is 4. The van der Waals surface area contributed by atoms with Crippen molar-refractivity contribution in [2.45, 2.75) is 81.8 Å². The molecule has 1 spiro atoms. The van der Waals surface area contributed by atoms with E-state index >= 15 is 0 Å². The average Bonchev–Trinajstić information content (AvgIpc) is 3.43. The Bertz CT molecular complexity index is 738. The first-order chi connectivity index (χ1) is 14.6. The number of aliphatic hydroxyl groups is 5. The Morgan fingerprint density at radius 3 is 2.42 bits per heavy atom. The third kappa shape index (κ3) is 2.70. The Hall–Kier alpha value is -0.850. The second-order valence-corrected chi connectivity index (χ2v) is 10.3. The average molecular weight is 444 g/mol. The molecule has 5 N–H and O–H groups in total. The molecule has 2 saturated carbocycles. The van der Waals surface area contributed by atoms with Crippen LogP contribution >= 0.6 is 0 Å². The van der Waals surface area contributed by atoms with E-state index in [1.165, 1.54) is 0 Å². The highest BCUT2D eigenvalue weighted by molar-refractivity contribution is 5.77. The lowest BCUT2D eigenvalue weighted by Crippen LogP contribution is -2.62. The van der Waals surface area contributed by atoms with E-state index in [-0.39, 0.29) is 29.6 Å². The lowest BCUT2D eigenvalue weighted by atomic mass is 9.55. The van der Waals surface area contributed by atoms with E-state index < -0.39 is 66.6 Å². The van der Waals surface area contributed by atoms with Crippen LogP contribution in [0.1, 0.15) is 27.2 Å². The summed E-state index contributed by atoms with van der Waals surface area (Å²) in [6.07, 6.45) is -8.70. The first-order valence-corrected chi connectivity index (χ1v) is 11.1. The third-order valence-electron chi connectivity index (χ3n) is 8.72. The highest BCUT2D eigenvalue weighted by Gasteiger charge is 2.81. The molecule has 0 aromatic carbocycles. The molecule has 176 valence electrons. The first kappa shape index (κ1) is 22.0. The molecule has 0 radical (unpaired) electrons. The van der Waals surface area contributed by atoms with Crippen molar-refractivity contribution in [2.75, 3.05) is 13.2 Å². The molecule has 3 heterocycles. The fourth-order valence-electron chi connectivity index (χ4n) is 6.89. The van der Waals surface area contributed by atoms with Crippen LogP contribution < -0.4 is 0 Å². The predicted octanol–water partition coefficient (Wildman–Crippen LogP) is -1.84. The van der Waals surface area contributed by atoms with Gasteiger partial charge in [-0.3, -0.25) is 4.79 Å². The van der Waals surface area contributed by atoms with Gasteiger partial charge in [-0.1, -0.05) is 20.8 Å². The van der Waals surface area contributed by atoms with Gasteiger partial charge in [0.2, 0.25) is 0 Å². The van der Waals surface area contributed by atoms with Gasteiger partial charge in [0.25, 0.3) is 0 Å². The van der Waals surface area contributed by atoms with E-state index in [1.807, 2.05) is 20.8 Å². The molecule has 2 bridgehead atoms. The summed E-state index contributed by atoms with van der Waals surface area (Å²) in [4.78, 5) is 12.8. The van der Waals surface area contributed by atoms with Gasteiger partial charge in [-0.15, -0.1) is 0 Å². The largest absolute Gasteiger partial charge is 0.459 e. The van der Waals surface area contributed by atoms with Crippen molar-refractivity contribution in [3.63, 3.8) is 0 Å². The number of hydrogen-bond donors (Lipinski definition) is 5. The summed E-state index contributed by atoms with van der Waals surface area (Å²) in [6.45, 7) is 5.70. The van der Waals surface area contributed by atoms with Crippen molar-refractivity contribution in [1.29, 1.82) is 0 Å². The molecule has 10 heteroatoms. The zero-order valence-corrected chi connectivity index (χ0v) is 17.8. The van der Waals surface area contributed by atoms with E-state index in [4.69, 9.17) is 18.9 Å². The Morgan fingerprint density at radius 2 is 1.84 bits per heavy atom. The predicted molar refractivity (Wildman–Crippen MR) is 101 cm³/mol. The monoisotopic (exact) mass is 444 g/mol. The second kappa shape index (κ2) is 7.07. The van der Waals surface area contributed by atoms with Crippen molar-refractivity contribution >= 4 is 5.97 Å². The van der Waals surface area contributed by atoms with Gasteiger partial charge < -0.3 is 44.5 Å². The van der Waals surface area contributed by atoms with Crippen LogP contribution in [0, 0.1) is 29.1 Å². The van der Waals surface area contributed by atoms with Crippen molar-refractivity contribution in [3.8, 4) is 0 Å². The summed E-state index contributed by atoms with van der Waals surface area (Å²) in [5.41, 5.74) is -1.67. The minimum Gasteiger partial charge on any atom is -0.459 e. The lowest BCUT2D eigenvalue weighted by molar-refractivity contribution is -0.315. The second-order valence-electron chi connectivity index (χ2n) is 10.3. The molecule has 0 unspecified atom stereocenters. The van der Waals surface area contributed by atoms with Gasteiger partial charge in [0.05, 0.1) is 31.3 Å². The molecular formula is C21H32O10. The van der Waals surface area contributed by atoms with Crippen molar-refractivity contribution < 1.29 is 49.3 Å². The van der Waals surface area contributed by atoms with Crippen LogP contribution in [0.5, 0.6) is 0 Å². The number of fused-ring (bicyclic) bond motifs is 5. The molecule has 5 rings (SSSR count). The van der Waals surface area contributed by atoms with E-state index in [0.29, 0.717) is 13.0 Å². The summed E-state index contributed by atoms with van der Waals surface area (Å²) in [5.74, 6) is -0.910. The van der Waals surface area contributed by atoms with Gasteiger partial charge in [0, 0.05) is 11.3 Å². The molecular weight excluding hydrogens is 412 g/mol. The smallest absolute Gasteiger partial charge is 0.310 e. The van der Waals surface area contributed by atoms with E-state index in [9.17, 15) is 30.3 Å². The van der Waals surface area contributed by atoms with Crippen LogP contribution in [0.2, 0.25) is 0 Å². The number of esters is 1. The van der Waals surface area contributed by atoms with E-state index in [1.54, 1.807) is 0 Å². The molecule has 10 nitrogen and oxygen atoms in total. The number of epoxide rings is 1. The highest BCUT2D eigenvalue weighted by atomic mass is 16.7. The summed E-state index contributed by atoms with van der Waals surface area (Å²) in [5, 5.41) is 51.3. The molecule has 2 aliphatic carbocycles. The molecule has 0 aromatic heterocycles. The fourth-order valence-corrected chi connectivity index (χ4v) is 6.89. The summed E-state index contributed by atoms with van der Waals surface area (Å²) in [7, 11) is 0. The fraction of sp³-hybridized carbons (Fsp3) is 0.952. The van der Waals surface area contributed by atoms with E-state index in [0.717, 1.165) is 0 Å². The van der Waals surface area contributed by atoms with Crippen LogP contribution in [-0.4, -0.2) is 99.3 Å². The number of carbonyl (C=O) groups excluding carboxylic acids is 1. The molecule has 0 aromatic rings. The van der Waals surface area contributed by atoms with Gasteiger partial charge in [0.1, 0.15) is 36.1 Å². The van der Waals surface area contributed by atoms with Crippen LogP contribution in [0.4, 0.5) is 0 Å². The van der Waals surface area contributed by atoms with Crippen LogP contribution in [-0.2, 0) is 23.7 Å². The van der Waals surface area contributed by atoms with Gasteiger partial charge >= 0.3 is 5.97 Å². The van der Waals surface area contributed by atoms with Gasteiger partial charge in [-0.25, -0.2) is 0 Å². The van der Waals surface area contributed by atoms with Crippen LogP contribution in [0.25, 0.3) is 0 Å². The maximum atomic E-state index is 12.8. The molecule has 5 fully saturated rings. The summed E-state index contributed by atoms with van der Waals surface area (Å²) in [6, 6.07) is 0. The van der Waals surface area contributed by atoms with Crippen molar-refractivity contribution in [3.05, 3.63) is 0 Å². The minimum atomic E-state index is -1.55. The first-order valence-electron chi connectivity index (χ1n) is 11.1. The quantitative estimate of drug-likeness (QED) is 0.246. The SMILES string of the molecule is CC(C)[C@H]1[C@@H]2OC(=O)[C@H]1[C@H]1C[C@H](O[C@@H]3O[C@H](CO)[C@@H](O)[C@H](O)[C@H]3O)[C@]3(CO3)[C@@]1(C)[C@H]2O. The molecule has 3 saturated heterocycles. The highest BCUT2D eigenvalue weighted by Crippen LogP contribution is 2.69. The van der Waals surface area contributed by atoms with Crippen LogP contribution in [0.15, 0.2) is 0 Å². The van der Waals surface area contributed by atoms with Gasteiger partial charge in [0.15, 0.2) is 6.29 Å². The summed E-state index contributed by atoms with van der Waals surface area (Å²) >= 11 is 0. The van der Waals surface area contributed by atoms with Crippen molar-refractivity contribution in [1.82, 2.24) is 0 Å². The third-order valence-corrected chi connectivity index (χ3v) is 8.72. The number of carbonyl (C=O) groups is 1. The molecule has 0 amide bonds. The number of hydrogen-bond acceptors (Lipinski definition) is 10. The van der Waals surface area contributed by atoms with Crippen LogP contribution in [0.3, 0.4) is 0 Å². The topological polar surface area (TPSA) is 158 Å². The standard InChI is InChI=1S/C21H32O10/c1-7(2)11-12-8-4-10(30-19-15(25)14(24)13(23)9(5-22)29-19)21(6-28-21)20(8,3)17(26)16(11)31-18(12)27/h7-17,19,22-26H,4-6H2,1-3H3/t8-,9-,10+,11-,12+,13-,14+,15-,16+,17+,19+,20-,21-/m1/s1. The lowest BCUT2D eigenvalue weighted by Gasteiger charge is -2.49. The number of aliphatic hydroxyl groups excluding tert-OH is 5.